The van der Waals surface area contributed by atoms with Crippen molar-refractivity contribution in [1.29, 1.82) is 0 Å². The van der Waals surface area contributed by atoms with Crippen molar-refractivity contribution in [3.63, 3.8) is 0 Å². The van der Waals surface area contributed by atoms with Gasteiger partial charge < -0.3 is 15.5 Å². The van der Waals surface area contributed by atoms with Gasteiger partial charge in [0.15, 0.2) is 0 Å². The molecule has 0 saturated carbocycles. The van der Waals surface area contributed by atoms with E-state index in [1.807, 2.05) is 26.8 Å². The van der Waals surface area contributed by atoms with Crippen molar-refractivity contribution in [2.75, 3.05) is 0 Å². The van der Waals surface area contributed by atoms with Crippen LogP contribution in [0.5, 0.6) is 0 Å². The van der Waals surface area contributed by atoms with Gasteiger partial charge in [0.2, 0.25) is 5.91 Å². The van der Waals surface area contributed by atoms with Crippen LogP contribution in [0, 0.1) is 5.92 Å². The van der Waals surface area contributed by atoms with Crippen LogP contribution in [0.1, 0.15) is 32.6 Å². The average molecular weight is 210 g/mol. The summed E-state index contributed by atoms with van der Waals surface area (Å²) in [7, 11) is 0. The van der Waals surface area contributed by atoms with Crippen LogP contribution in [0.2, 0.25) is 0 Å². The minimum atomic E-state index is -0.470. The molecule has 0 aromatic carbocycles. The molecule has 2 atom stereocenters. The van der Waals surface area contributed by atoms with Crippen molar-refractivity contribution in [2.24, 2.45) is 11.7 Å². The van der Waals surface area contributed by atoms with E-state index in [9.17, 15) is 4.79 Å². The number of carbonyl (C=O) groups excluding carboxylic acids is 1. The van der Waals surface area contributed by atoms with Crippen LogP contribution in [0.15, 0.2) is 22.8 Å². The van der Waals surface area contributed by atoms with Crippen LogP contribution < -0.4 is 11.1 Å². The van der Waals surface area contributed by atoms with Gasteiger partial charge in [0.05, 0.1) is 18.3 Å². The molecule has 0 unspecified atom stereocenters. The number of rotatable bonds is 4. The van der Waals surface area contributed by atoms with Crippen LogP contribution in [0.4, 0.5) is 0 Å². The summed E-state index contributed by atoms with van der Waals surface area (Å²) in [6.45, 7) is 5.70. The number of carbonyl (C=O) groups is 1. The average Bonchev–Trinajstić information content (AvgIpc) is 2.68. The first kappa shape index (κ1) is 11.8. The molecule has 0 aliphatic rings. The third-order valence-corrected chi connectivity index (χ3v) is 2.35. The van der Waals surface area contributed by atoms with E-state index >= 15 is 0 Å². The number of nitrogens with one attached hydrogen (secondary N) is 1. The highest BCUT2D eigenvalue weighted by atomic mass is 16.3. The molecule has 1 rings (SSSR count). The number of hydrogen-bond donors (Lipinski definition) is 2. The number of furan rings is 1. The van der Waals surface area contributed by atoms with Crippen molar-refractivity contribution >= 4 is 5.91 Å². The van der Waals surface area contributed by atoms with Gasteiger partial charge >= 0.3 is 0 Å². The Labute approximate surface area is 89.8 Å². The molecular formula is C11H18N2O2. The molecule has 0 radical (unpaired) electrons. The molecule has 0 bridgehead atoms. The highest BCUT2D eigenvalue weighted by Crippen LogP contribution is 2.12. The van der Waals surface area contributed by atoms with Gasteiger partial charge in [-0.15, -0.1) is 0 Å². The summed E-state index contributed by atoms with van der Waals surface area (Å²) in [5.41, 5.74) is 5.72. The molecule has 1 aromatic rings. The minimum absolute atomic E-state index is 0.133. The van der Waals surface area contributed by atoms with Gasteiger partial charge in [-0.25, -0.2) is 0 Å². The lowest BCUT2D eigenvalue weighted by Gasteiger charge is -2.18. The van der Waals surface area contributed by atoms with E-state index in [0.29, 0.717) is 0 Å². The zero-order chi connectivity index (χ0) is 11.4. The fourth-order valence-corrected chi connectivity index (χ4v) is 1.22. The zero-order valence-electron chi connectivity index (χ0n) is 9.36. The van der Waals surface area contributed by atoms with Crippen molar-refractivity contribution in [3.05, 3.63) is 24.2 Å². The van der Waals surface area contributed by atoms with Gasteiger partial charge in [-0.1, -0.05) is 13.8 Å². The first-order chi connectivity index (χ1) is 7.02. The monoisotopic (exact) mass is 210 g/mol. The summed E-state index contributed by atoms with van der Waals surface area (Å²) in [6, 6.07) is 3.01. The molecule has 4 heteroatoms. The van der Waals surface area contributed by atoms with Gasteiger partial charge in [0.25, 0.3) is 0 Å². The molecule has 3 N–H and O–H groups in total. The van der Waals surface area contributed by atoms with Gasteiger partial charge in [-0.3, -0.25) is 4.79 Å². The number of amides is 1. The van der Waals surface area contributed by atoms with Crippen LogP contribution in [0.3, 0.4) is 0 Å². The Morgan fingerprint density at radius 2 is 2.13 bits per heavy atom. The Bertz CT molecular complexity index is 306. The SMILES string of the molecule is CC(C)[C@@H](N)C(=O)N[C@@H](C)c1ccco1. The van der Waals surface area contributed by atoms with Crippen molar-refractivity contribution < 1.29 is 9.21 Å². The quantitative estimate of drug-likeness (QED) is 0.790. The van der Waals surface area contributed by atoms with Gasteiger partial charge in [-0.2, -0.15) is 0 Å². The third kappa shape index (κ3) is 3.09. The van der Waals surface area contributed by atoms with E-state index in [1.54, 1.807) is 12.3 Å². The normalized spacial score (nSPS) is 15.0. The summed E-state index contributed by atoms with van der Waals surface area (Å²) >= 11 is 0. The molecule has 1 aromatic heterocycles. The Kier molecular flexibility index (Phi) is 3.91. The fourth-order valence-electron chi connectivity index (χ4n) is 1.22. The maximum Gasteiger partial charge on any atom is 0.237 e. The maximum absolute atomic E-state index is 11.6. The van der Waals surface area contributed by atoms with Gasteiger partial charge in [0.1, 0.15) is 5.76 Å². The Morgan fingerprint density at radius 3 is 2.60 bits per heavy atom. The minimum Gasteiger partial charge on any atom is -0.467 e. The highest BCUT2D eigenvalue weighted by Gasteiger charge is 2.20. The van der Waals surface area contributed by atoms with Crippen LogP contribution >= 0.6 is 0 Å². The van der Waals surface area contributed by atoms with E-state index in [1.165, 1.54) is 0 Å². The maximum atomic E-state index is 11.6. The molecule has 4 nitrogen and oxygen atoms in total. The fraction of sp³-hybridized carbons (Fsp3) is 0.545. The van der Waals surface area contributed by atoms with E-state index < -0.39 is 6.04 Å². The molecule has 1 amide bonds. The Balaban J connectivity index is 2.52. The van der Waals surface area contributed by atoms with E-state index in [4.69, 9.17) is 10.2 Å². The Morgan fingerprint density at radius 1 is 1.47 bits per heavy atom. The number of hydrogen-bond acceptors (Lipinski definition) is 3. The predicted molar refractivity (Wildman–Crippen MR) is 58.1 cm³/mol. The van der Waals surface area contributed by atoms with Gasteiger partial charge in [-0.05, 0) is 25.0 Å². The highest BCUT2D eigenvalue weighted by molar-refractivity contribution is 5.82. The van der Waals surface area contributed by atoms with E-state index in [0.717, 1.165) is 5.76 Å². The van der Waals surface area contributed by atoms with Crippen LogP contribution in [-0.2, 0) is 4.79 Å². The summed E-state index contributed by atoms with van der Waals surface area (Å²) in [6.07, 6.45) is 1.58. The number of nitrogens with two attached hydrogens (primary N) is 1. The molecule has 0 spiro atoms. The molecule has 0 fully saturated rings. The summed E-state index contributed by atoms with van der Waals surface area (Å²) < 4.78 is 5.18. The first-order valence-electron chi connectivity index (χ1n) is 5.11. The molecule has 84 valence electrons. The van der Waals surface area contributed by atoms with Crippen molar-refractivity contribution in [2.45, 2.75) is 32.9 Å². The molecular weight excluding hydrogens is 192 g/mol. The molecule has 0 aliphatic carbocycles. The second-order valence-electron chi connectivity index (χ2n) is 4.02. The molecule has 0 saturated heterocycles. The molecule has 0 aliphatic heterocycles. The van der Waals surface area contributed by atoms with E-state index in [2.05, 4.69) is 5.32 Å². The lowest BCUT2D eigenvalue weighted by Crippen LogP contribution is -2.44. The second kappa shape index (κ2) is 4.98. The lowest BCUT2D eigenvalue weighted by molar-refractivity contribution is -0.124. The summed E-state index contributed by atoms with van der Waals surface area (Å²) in [4.78, 5) is 11.6. The predicted octanol–water partition coefficient (Wildman–Crippen LogP) is 1.44. The summed E-state index contributed by atoms with van der Waals surface area (Å²) in [5, 5.41) is 2.81. The lowest BCUT2D eigenvalue weighted by atomic mass is 10.0. The largest absolute Gasteiger partial charge is 0.467 e. The van der Waals surface area contributed by atoms with Gasteiger partial charge in [0, 0.05) is 0 Å². The van der Waals surface area contributed by atoms with Crippen molar-refractivity contribution in [3.8, 4) is 0 Å². The van der Waals surface area contributed by atoms with Crippen LogP contribution in [0.25, 0.3) is 0 Å². The zero-order valence-corrected chi connectivity index (χ0v) is 9.36. The standard InChI is InChI=1S/C11H18N2O2/c1-7(2)10(12)11(14)13-8(3)9-5-4-6-15-9/h4-8,10H,12H2,1-3H3,(H,13,14)/t8-,10+/m0/s1. The van der Waals surface area contributed by atoms with E-state index in [-0.39, 0.29) is 17.9 Å². The molecule has 1 heterocycles. The topological polar surface area (TPSA) is 68.3 Å². The smallest absolute Gasteiger partial charge is 0.237 e. The third-order valence-electron chi connectivity index (χ3n) is 2.35. The van der Waals surface area contributed by atoms with Crippen molar-refractivity contribution in [1.82, 2.24) is 5.32 Å². The Hall–Kier alpha value is -1.29. The molecule has 15 heavy (non-hydrogen) atoms. The first-order valence-corrected chi connectivity index (χ1v) is 5.11. The van der Waals surface area contributed by atoms with Crippen LogP contribution in [-0.4, -0.2) is 11.9 Å². The summed E-state index contributed by atoms with van der Waals surface area (Å²) in [5.74, 6) is 0.724. The second-order valence-corrected chi connectivity index (χ2v) is 4.02.